The van der Waals surface area contributed by atoms with Crippen LogP contribution < -0.4 is 9.64 Å². The van der Waals surface area contributed by atoms with Gasteiger partial charge in [-0.3, -0.25) is 4.79 Å². The first kappa shape index (κ1) is 19.4. The molecule has 0 saturated carbocycles. The lowest BCUT2D eigenvalue weighted by Crippen LogP contribution is -2.36. The third-order valence-corrected chi connectivity index (χ3v) is 6.11. The molecule has 3 aromatic rings. The van der Waals surface area contributed by atoms with Gasteiger partial charge < -0.3 is 24.2 Å². The zero-order chi connectivity index (χ0) is 21.5. The number of fused-ring (bicyclic) bond motifs is 2. The highest BCUT2D eigenvalue weighted by Crippen LogP contribution is 2.37. The van der Waals surface area contributed by atoms with Gasteiger partial charge in [0.1, 0.15) is 12.3 Å². The standard InChI is InChI=1S/C23H24N4O4/c1-25-18-13-17(6-5-15(18)11-19(25)23(29)30)27-9-10-31-20-12-16(14-24-21(20)27)22(28)26-7-3-2-4-8-26/h5-6,11-14H,2-4,7-10H2,1H3,(H,29,30). The van der Waals surface area contributed by atoms with Gasteiger partial charge in [-0.05, 0) is 43.5 Å². The van der Waals surface area contributed by atoms with Gasteiger partial charge in [-0.1, -0.05) is 6.07 Å². The van der Waals surface area contributed by atoms with Crippen LogP contribution in [-0.2, 0) is 7.05 Å². The zero-order valence-corrected chi connectivity index (χ0v) is 17.4. The van der Waals surface area contributed by atoms with E-state index in [1.807, 2.05) is 28.0 Å². The molecule has 160 valence electrons. The molecule has 1 amide bonds. The monoisotopic (exact) mass is 420 g/mol. The molecular weight excluding hydrogens is 396 g/mol. The van der Waals surface area contributed by atoms with Crippen LogP contribution in [0, 0.1) is 0 Å². The van der Waals surface area contributed by atoms with Crippen LogP contribution in [0.5, 0.6) is 5.75 Å². The second kappa shape index (κ2) is 7.61. The van der Waals surface area contributed by atoms with Crippen LogP contribution in [0.15, 0.2) is 36.5 Å². The van der Waals surface area contributed by atoms with Crippen LogP contribution in [0.4, 0.5) is 11.5 Å². The molecule has 0 aliphatic carbocycles. The summed E-state index contributed by atoms with van der Waals surface area (Å²) in [5.41, 5.74) is 2.53. The molecule has 2 aliphatic rings. The summed E-state index contributed by atoms with van der Waals surface area (Å²) in [6, 6.07) is 9.30. The summed E-state index contributed by atoms with van der Waals surface area (Å²) in [7, 11) is 1.75. The molecule has 1 aromatic carbocycles. The fourth-order valence-electron chi connectivity index (χ4n) is 4.44. The summed E-state index contributed by atoms with van der Waals surface area (Å²) in [5.74, 6) is 0.299. The number of amides is 1. The first-order valence-electron chi connectivity index (χ1n) is 10.6. The van der Waals surface area contributed by atoms with Crippen molar-refractivity contribution < 1.29 is 19.4 Å². The number of carboxylic acids is 1. The van der Waals surface area contributed by atoms with Crippen molar-refractivity contribution in [2.45, 2.75) is 19.3 Å². The van der Waals surface area contributed by atoms with Crippen LogP contribution in [0.2, 0.25) is 0 Å². The topological polar surface area (TPSA) is 87.9 Å². The second-order valence-electron chi connectivity index (χ2n) is 8.04. The average molecular weight is 420 g/mol. The quantitative estimate of drug-likeness (QED) is 0.699. The van der Waals surface area contributed by atoms with E-state index in [2.05, 4.69) is 4.98 Å². The Morgan fingerprint density at radius 3 is 2.65 bits per heavy atom. The number of hydrogen-bond donors (Lipinski definition) is 1. The molecule has 0 atom stereocenters. The molecule has 1 saturated heterocycles. The molecule has 4 heterocycles. The smallest absolute Gasteiger partial charge is 0.352 e. The van der Waals surface area contributed by atoms with Gasteiger partial charge in [0.15, 0.2) is 11.6 Å². The first-order chi connectivity index (χ1) is 15.0. The summed E-state index contributed by atoms with van der Waals surface area (Å²) in [4.78, 5) is 32.8. The minimum Gasteiger partial charge on any atom is -0.488 e. The van der Waals surface area contributed by atoms with Gasteiger partial charge in [-0.25, -0.2) is 9.78 Å². The minimum absolute atomic E-state index is 0.00199. The number of rotatable bonds is 3. The van der Waals surface area contributed by atoms with Crippen LogP contribution in [0.1, 0.15) is 40.1 Å². The van der Waals surface area contributed by atoms with Crippen molar-refractivity contribution in [3.63, 3.8) is 0 Å². The van der Waals surface area contributed by atoms with Crippen molar-refractivity contribution in [2.75, 3.05) is 31.1 Å². The van der Waals surface area contributed by atoms with Crippen molar-refractivity contribution in [1.29, 1.82) is 0 Å². The van der Waals surface area contributed by atoms with Crippen molar-refractivity contribution in [2.24, 2.45) is 7.05 Å². The molecule has 8 heteroatoms. The van der Waals surface area contributed by atoms with Gasteiger partial charge in [-0.2, -0.15) is 0 Å². The Bertz CT molecular complexity index is 1180. The summed E-state index contributed by atoms with van der Waals surface area (Å²) < 4.78 is 7.52. The highest BCUT2D eigenvalue weighted by Gasteiger charge is 2.25. The minimum atomic E-state index is -0.954. The summed E-state index contributed by atoms with van der Waals surface area (Å²) in [6.07, 6.45) is 4.88. The number of carboxylic acid groups (broad SMARTS) is 1. The van der Waals surface area contributed by atoms with E-state index in [1.54, 1.807) is 29.9 Å². The van der Waals surface area contributed by atoms with Gasteiger partial charge in [0.05, 0.1) is 17.6 Å². The number of nitrogens with zero attached hydrogens (tertiary/aromatic N) is 4. The Morgan fingerprint density at radius 1 is 1.06 bits per heavy atom. The molecule has 8 nitrogen and oxygen atoms in total. The van der Waals surface area contributed by atoms with Crippen molar-refractivity contribution in [3.05, 3.63) is 47.8 Å². The number of anilines is 2. The van der Waals surface area contributed by atoms with E-state index in [-0.39, 0.29) is 11.6 Å². The maximum Gasteiger partial charge on any atom is 0.352 e. The lowest BCUT2D eigenvalue weighted by molar-refractivity contribution is 0.0685. The van der Waals surface area contributed by atoms with Crippen LogP contribution in [0.3, 0.4) is 0 Å². The maximum absolute atomic E-state index is 12.8. The number of aromatic carboxylic acids is 1. The number of ether oxygens (including phenoxy) is 1. The fraction of sp³-hybridized carbons (Fsp3) is 0.348. The number of likely N-dealkylation sites (tertiary alicyclic amines) is 1. The van der Waals surface area contributed by atoms with Gasteiger partial charge in [-0.15, -0.1) is 0 Å². The Morgan fingerprint density at radius 2 is 1.87 bits per heavy atom. The van der Waals surface area contributed by atoms with E-state index in [4.69, 9.17) is 4.74 Å². The van der Waals surface area contributed by atoms with E-state index in [0.717, 1.165) is 42.5 Å². The molecule has 2 aromatic heterocycles. The van der Waals surface area contributed by atoms with E-state index in [1.165, 1.54) is 6.42 Å². The molecule has 0 bridgehead atoms. The Labute approximate surface area is 179 Å². The van der Waals surface area contributed by atoms with E-state index < -0.39 is 5.97 Å². The molecule has 5 rings (SSSR count). The molecule has 2 aliphatic heterocycles. The Hall–Kier alpha value is -3.55. The van der Waals surface area contributed by atoms with Crippen LogP contribution >= 0.6 is 0 Å². The zero-order valence-electron chi connectivity index (χ0n) is 17.4. The number of carbonyl (C=O) groups is 2. The van der Waals surface area contributed by atoms with Crippen LogP contribution in [0.25, 0.3) is 10.9 Å². The predicted octanol–water partition coefficient (Wildman–Crippen LogP) is 3.43. The molecule has 31 heavy (non-hydrogen) atoms. The van der Waals surface area contributed by atoms with Gasteiger partial charge in [0.2, 0.25) is 0 Å². The van der Waals surface area contributed by atoms with Crippen molar-refractivity contribution in [1.82, 2.24) is 14.5 Å². The number of piperidine rings is 1. The molecular formula is C23H24N4O4. The Balaban J connectivity index is 1.48. The number of hydrogen-bond acceptors (Lipinski definition) is 5. The Kier molecular flexibility index (Phi) is 4.77. The SMILES string of the molecule is Cn1c(C(=O)O)cc2ccc(N3CCOc4cc(C(=O)N5CCCCC5)cnc43)cc21. The molecule has 0 unspecified atom stereocenters. The highest BCUT2D eigenvalue weighted by atomic mass is 16.5. The largest absolute Gasteiger partial charge is 0.488 e. The van der Waals surface area contributed by atoms with Crippen LogP contribution in [-0.4, -0.2) is 57.7 Å². The lowest BCUT2D eigenvalue weighted by atomic mass is 10.1. The number of carbonyl (C=O) groups excluding carboxylic acids is 1. The van der Waals surface area contributed by atoms with E-state index >= 15 is 0 Å². The number of benzene rings is 1. The summed E-state index contributed by atoms with van der Waals surface area (Å²) in [6.45, 7) is 2.67. The maximum atomic E-state index is 12.8. The normalized spacial score (nSPS) is 16.2. The molecule has 0 spiro atoms. The summed E-state index contributed by atoms with van der Waals surface area (Å²) in [5, 5.41) is 10.3. The molecule has 1 N–H and O–H groups in total. The van der Waals surface area contributed by atoms with E-state index in [9.17, 15) is 14.7 Å². The third-order valence-electron chi connectivity index (χ3n) is 6.11. The molecule has 1 fully saturated rings. The number of aromatic nitrogens is 2. The number of pyridine rings is 1. The number of aryl methyl sites for hydroxylation is 1. The lowest BCUT2D eigenvalue weighted by Gasteiger charge is -2.31. The predicted molar refractivity (Wildman–Crippen MR) is 116 cm³/mol. The average Bonchev–Trinajstić information content (AvgIpc) is 3.14. The molecule has 0 radical (unpaired) electrons. The second-order valence-corrected chi connectivity index (χ2v) is 8.04. The van der Waals surface area contributed by atoms with Gasteiger partial charge in [0, 0.05) is 37.4 Å². The van der Waals surface area contributed by atoms with Crippen molar-refractivity contribution >= 4 is 34.3 Å². The third kappa shape index (κ3) is 3.37. The highest BCUT2D eigenvalue weighted by molar-refractivity contribution is 5.96. The van der Waals surface area contributed by atoms with Gasteiger partial charge in [0.25, 0.3) is 5.91 Å². The van der Waals surface area contributed by atoms with Crippen molar-refractivity contribution in [3.8, 4) is 5.75 Å². The fourth-order valence-corrected chi connectivity index (χ4v) is 4.44. The van der Waals surface area contributed by atoms with Gasteiger partial charge >= 0.3 is 5.97 Å². The summed E-state index contributed by atoms with van der Waals surface area (Å²) >= 11 is 0. The first-order valence-corrected chi connectivity index (χ1v) is 10.6. The van der Waals surface area contributed by atoms with E-state index in [0.29, 0.717) is 30.3 Å².